The molecule has 1 saturated carbocycles. The van der Waals surface area contributed by atoms with Crippen molar-refractivity contribution in [3.63, 3.8) is 0 Å². The lowest BCUT2D eigenvalue weighted by Gasteiger charge is -2.38. The standard InChI is InChI=1S/C38H48N4O3S/c1-4-40(5-2)30-15-13-29(14-16-30)39-38(45)37-33-11-6-7-12-35(33)46-36(37)24-34(44)28-10-8-9-27(23-28)25-42(31-17-18-31)32-19-21-41(22-20-32)26(3)43/h8-10,13-16,23,31-32H,4-7,11-12,17-22,24-25H2,1-3H3,(H,39,45). The molecule has 7 nitrogen and oxygen atoms in total. The molecule has 0 radical (unpaired) electrons. The van der Waals surface area contributed by atoms with Crippen LogP contribution in [-0.2, 0) is 30.6 Å². The second-order valence-electron chi connectivity index (χ2n) is 13.1. The van der Waals surface area contributed by atoms with Gasteiger partial charge in [-0.05, 0) is 107 Å². The molecule has 0 atom stereocenters. The number of thiophene rings is 1. The number of amides is 2. The minimum Gasteiger partial charge on any atom is -0.372 e. The fourth-order valence-electron chi connectivity index (χ4n) is 7.33. The minimum absolute atomic E-state index is 0.0609. The van der Waals surface area contributed by atoms with Crippen LogP contribution in [0.25, 0.3) is 0 Å². The summed E-state index contributed by atoms with van der Waals surface area (Å²) < 4.78 is 0. The number of Topliss-reactive ketones (excluding diaryl/α,β-unsaturated/α-hetero) is 1. The first-order valence-corrected chi connectivity index (χ1v) is 18.1. The van der Waals surface area contributed by atoms with Crippen LogP contribution in [0.5, 0.6) is 0 Å². The smallest absolute Gasteiger partial charge is 0.257 e. The number of likely N-dealkylation sites (tertiary alicyclic amines) is 1. The number of piperidine rings is 1. The number of hydrogen-bond acceptors (Lipinski definition) is 6. The van der Waals surface area contributed by atoms with Gasteiger partial charge in [0.1, 0.15) is 0 Å². The Hall–Kier alpha value is -3.49. The van der Waals surface area contributed by atoms with Gasteiger partial charge < -0.3 is 15.1 Å². The third-order valence-corrected chi connectivity index (χ3v) is 11.3. The Bertz CT molecular complexity index is 1550. The summed E-state index contributed by atoms with van der Waals surface area (Å²) in [5.41, 5.74) is 5.64. The normalized spacial score (nSPS) is 16.7. The third-order valence-electron chi connectivity index (χ3n) is 10.1. The summed E-state index contributed by atoms with van der Waals surface area (Å²) in [6.45, 7) is 10.3. The minimum atomic E-state index is -0.109. The molecular weight excluding hydrogens is 593 g/mol. The van der Waals surface area contributed by atoms with E-state index in [4.69, 9.17) is 0 Å². The molecule has 3 aromatic rings. The summed E-state index contributed by atoms with van der Waals surface area (Å²) in [5, 5.41) is 3.15. The van der Waals surface area contributed by atoms with Crippen molar-refractivity contribution >= 4 is 40.3 Å². The largest absolute Gasteiger partial charge is 0.372 e. The van der Waals surface area contributed by atoms with Crippen molar-refractivity contribution in [3.05, 3.63) is 80.5 Å². The van der Waals surface area contributed by atoms with Crippen LogP contribution in [0, 0.1) is 0 Å². The Morgan fingerprint density at radius 3 is 2.28 bits per heavy atom. The molecule has 0 spiro atoms. The first kappa shape index (κ1) is 32.5. The number of hydrogen-bond donors (Lipinski definition) is 1. The fraction of sp³-hybridized carbons (Fsp3) is 0.500. The molecule has 0 unspecified atom stereocenters. The maximum Gasteiger partial charge on any atom is 0.257 e. The molecule has 46 heavy (non-hydrogen) atoms. The molecule has 1 aliphatic heterocycles. The van der Waals surface area contributed by atoms with Crippen LogP contribution in [0.2, 0.25) is 0 Å². The molecule has 0 bridgehead atoms. The van der Waals surface area contributed by atoms with Crippen LogP contribution in [0.15, 0.2) is 48.5 Å². The first-order valence-electron chi connectivity index (χ1n) is 17.3. The van der Waals surface area contributed by atoms with Crippen molar-refractivity contribution in [1.82, 2.24) is 9.80 Å². The van der Waals surface area contributed by atoms with Gasteiger partial charge in [-0.2, -0.15) is 0 Å². The molecule has 2 fully saturated rings. The highest BCUT2D eigenvalue weighted by Gasteiger charge is 2.36. The molecular formula is C38H48N4O3S. The number of carbonyl (C=O) groups excluding carboxylic acids is 3. The van der Waals surface area contributed by atoms with E-state index >= 15 is 0 Å². The van der Waals surface area contributed by atoms with Gasteiger partial charge >= 0.3 is 0 Å². The van der Waals surface area contributed by atoms with E-state index in [-0.39, 0.29) is 24.0 Å². The molecule has 2 aliphatic carbocycles. The molecule has 6 rings (SSSR count). The number of anilines is 2. The Morgan fingerprint density at radius 2 is 1.61 bits per heavy atom. The predicted molar refractivity (Wildman–Crippen MR) is 187 cm³/mol. The second-order valence-corrected chi connectivity index (χ2v) is 14.3. The molecule has 2 aromatic carbocycles. The number of ketones is 1. The molecule has 8 heteroatoms. The van der Waals surface area contributed by atoms with Crippen molar-refractivity contribution in [2.45, 2.75) is 97.2 Å². The molecule has 1 aromatic heterocycles. The van der Waals surface area contributed by atoms with E-state index in [1.165, 1.54) is 17.7 Å². The van der Waals surface area contributed by atoms with Crippen molar-refractivity contribution in [2.24, 2.45) is 0 Å². The predicted octanol–water partition coefficient (Wildman–Crippen LogP) is 7.13. The second kappa shape index (κ2) is 14.5. The topological polar surface area (TPSA) is 73.0 Å². The maximum absolute atomic E-state index is 13.8. The number of aryl methyl sites for hydroxylation is 1. The summed E-state index contributed by atoms with van der Waals surface area (Å²) in [6, 6.07) is 17.2. The molecule has 1 N–H and O–H groups in total. The fourth-order valence-corrected chi connectivity index (χ4v) is 8.72. The average Bonchev–Trinajstić information content (AvgIpc) is 3.85. The number of nitrogens with zero attached hydrogens (tertiary/aromatic N) is 3. The van der Waals surface area contributed by atoms with E-state index in [1.54, 1.807) is 18.3 Å². The van der Waals surface area contributed by atoms with Crippen LogP contribution in [-0.4, -0.2) is 65.7 Å². The molecule has 3 aliphatic rings. The summed E-state index contributed by atoms with van der Waals surface area (Å²) in [7, 11) is 0. The SMILES string of the molecule is CCN(CC)c1ccc(NC(=O)c2c(CC(=O)c3cccc(CN(C4CC4)C4CCN(C(C)=O)CC4)c3)sc3c2CCCC3)cc1. The van der Waals surface area contributed by atoms with Crippen LogP contribution in [0.4, 0.5) is 11.4 Å². The summed E-state index contributed by atoms with van der Waals surface area (Å²) in [5.74, 6) is 0.118. The highest BCUT2D eigenvalue weighted by molar-refractivity contribution is 7.12. The summed E-state index contributed by atoms with van der Waals surface area (Å²) >= 11 is 1.66. The van der Waals surface area contributed by atoms with E-state index < -0.39 is 0 Å². The number of nitrogens with one attached hydrogen (secondary N) is 1. The zero-order valence-corrected chi connectivity index (χ0v) is 28.5. The molecule has 2 amide bonds. The number of carbonyl (C=O) groups is 3. The molecule has 244 valence electrons. The van der Waals surface area contributed by atoms with Gasteiger partial charge in [0, 0.05) is 84.8 Å². The number of fused-ring (bicyclic) bond motifs is 1. The van der Waals surface area contributed by atoms with Crippen molar-refractivity contribution in [3.8, 4) is 0 Å². The highest BCUT2D eigenvalue weighted by Crippen LogP contribution is 2.37. The van der Waals surface area contributed by atoms with Gasteiger partial charge in [-0.1, -0.05) is 18.2 Å². The van der Waals surface area contributed by atoms with Gasteiger partial charge in [0.25, 0.3) is 5.91 Å². The first-order chi connectivity index (χ1) is 22.3. The van der Waals surface area contributed by atoms with E-state index in [0.29, 0.717) is 23.2 Å². The third kappa shape index (κ3) is 7.39. The van der Waals surface area contributed by atoms with Crippen molar-refractivity contribution in [2.75, 3.05) is 36.4 Å². The van der Waals surface area contributed by atoms with E-state index in [2.05, 4.69) is 53.2 Å². The molecule has 1 saturated heterocycles. The Morgan fingerprint density at radius 1 is 0.913 bits per heavy atom. The van der Waals surface area contributed by atoms with Crippen LogP contribution in [0.1, 0.15) is 101 Å². The van der Waals surface area contributed by atoms with Gasteiger partial charge in [0.2, 0.25) is 5.91 Å². The molecule has 2 heterocycles. The summed E-state index contributed by atoms with van der Waals surface area (Å²) in [6.07, 6.45) is 8.75. The van der Waals surface area contributed by atoms with Gasteiger partial charge in [0.05, 0.1) is 5.56 Å². The Labute approximate surface area is 278 Å². The van der Waals surface area contributed by atoms with Crippen molar-refractivity contribution in [1.29, 1.82) is 0 Å². The van der Waals surface area contributed by atoms with Gasteiger partial charge in [-0.25, -0.2) is 0 Å². The quantitative estimate of drug-likeness (QED) is 0.213. The van der Waals surface area contributed by atoms with E-state index in [0.717, 1.165) is 98.6 Å². The Kier molecular flexibility index (Phi) is 10.2. The van der Waals surface area contributed by atoms with Gasteiger partial charge in [-0.3, -0.25) is 19.3 Å². The van der Waals surface area contributed by atoms with Gasteiger partial charge in [-0.15, -0.1) is 11.3 Å². The number of benzene rings is 2. The maximum atomic E-state index is 13.8. The number of rotatable bonds is 12. The lowest BCUT2D eigenvalue weighted by Crippen LogP contribution is -2.46. The zero-order valence-electron chi connectivity index (χ0n) is 27.6. The lowest BCUT2D eigenvalue weighted by molar-refractivity contribution is -0.130. The van der Waals surface area contributed by atoms with E-state index in [9.17, 15) is 14.4 Å². The summed E-state index contributed by atoms with van der Waals surface area (Å²) in [4.78, 5) is 48.5. The highest BCUT2D eigenvalue weighted by atomic mass is 32.1. The van der Waals surface area contributed by atoms with Crippen LogP contribution < -0.4 is 10.2 Å². The lowest BCUT2D eigenvalue weighted by atomic mass is 9.93. The van der Waals surface area contributed by atoms with Crippen molar-refractivity contribution < 1.29 is 14.4 Å². The zero-order chi connectivity index (χ0) is 32.2. The van der Waals surface area contributed by atoms with E-state index in [1.807, 2.05) is 29.2 Å². The van der Waals surface area contributed by atoms with Crippen LogP contribution >= 0.6 is 11.3 Å². The van der Waals surface area contributed by atoms with Gasteiger partial charge in [0.15, 0.2) is 5.78 Å². The van der Waals surface area contributed by atoms with Crippen LogP contribution in [0.3, 0.4) is 0 Å². The average molecular weight is 641 g/mol. The Balaban J connectivity index is 1.17. The monoisotopic (exact) mass is 640 g/mol.